The van der Waals surface area contributed by atoms with Crippen molar-refractivity contribution in [3.05, 3.63) is 30.1 Å². The van der Waals surface area contributed by atoms with Crippen LogP contribution in [-0.2, 0) is 4.79 Å². The van der Waals surface area contributed by atoms with Gasteiger partial charge in [-0.25, -0.2) is 0 Å². The zero-order valence-corrected chi connectivity index (χ0v) is 14.6. The number of amides is 1. The van der Waals surface area contributed by atoms with Crippen LogP contribution in [0.3, 0.4) is 0 Å². The van der Waals surface area contributed by atoms with Gasteiger partial charge in [0.05, 0.1) is 5.75 Å². The summed E-state index contributed by atoms with van der Waals surface area (Å²) in [5.41, 5.74) is 6.00. The van der Waals surface area contributed by atoms with Crippen LogP contribution in [0.2, 0.25) is 0 Å². The van der Waals surface area contributed by atoms with E-state index >= 15 is 0 Å². The summed E-state index contributed by atoms with van der Waals surface area (Å²) in [6, 6.07) is 5.31. The number of likely N-dealkylation sites (tertiary alicyclic amines) is 1. The number of nitrogen functional groups attached to an aromatic ring is 1. The van der Waals surface area contributed by atoms with Crippen LogP contribution in [0.15, 0.2) is 28.7 Å². The van der Waals surface area contributed by atoms with Crippen molar-refractivity contribution < 1.29 is 9.59 Å². The monoisotopic (exact) mass is 363 g/mol. The molecule has 0 saturated carbocycles. The minimum absolute atomic E-state index is 0.00675. The van der Waals surface area contributed by atoms with E-state index in [0.717, 1.165) is 12.8 Å². The van der Waals surface area contributed by atoms with Gasteiger partial charge in [0.15, 0.2) is 10.1 Å². The lowest BCUT2D eigenvalue weighted by Gasteiger charge is -2.31. The highest BCUT2D eigenvalue weighted by Crippen LogP contribution is 2.25. The van der Waals surface area contributed by atoms with Crippen molar-refractivity contribution >= 4 is 39.9 Å². The smallest absolute Gasteiger partial charge is 0.233 e. The molecule has 0 aliphatic carbocycles. The fourth-order valence-electron chi connectivity index (χ4n) is 2.63. The number of piperidine rings is 1. The normalized spacial score (nSPS) is 17.7. The molecule has 3 heterocycles. The third-order valence-corrected chi connectivity index (χ3v) is 5.67. The average Bonchev–Trinajstić information content (AvgIpc) is 3.05. The van der Waals surface area contributed by atoms with Gasteiger partial charge in [0.1, 0.15) is 5.69 Å². The predicted octanol–water partition coefficient (Wildman–Crippen LogP) is 1.73. The molecule has 1 fully saturated rings. The van der Waals surface area contributed by atoms with Gasteiger partial charge >= 0.3 is 0 Å². The van der Waals surface area contributed by atoms with Crippen molar-refractivity contribution in [2.45, 2.75) is 17.2 Å². The van der Waals surface area contributed by atoms with Gasteiger partial charge in [0.25, 0.3) is 0 Å². The van der Waals surface area contributed by atoms with Gasteiger partial charge in [-0.3, -0.25) is 14.6 Å². The molecular weight excluding hydrogens is 346 g/mol. The number of Topliss-reactive ketones (excluding diaryl/α,β-unsaturated/α-hetero) is 1. The Hall–Kier alpha value is -2.00. The maximum absolute atomic E-state index is 12.5. The topological polar surface area (TPSA) is 102 Å². The van der Waals surface area contributed by atoms with E-state index in [1.54, 1.807) is 29.3 Å². The van der Waals surface area contributed by atoms with Gasteiger partial charge in [-0.15, -0.1) is 10.2 Å². The highest BCUT2D eigenvalue weighted by atomic mass is 32.2. The Labute approximate surface area is 147 Å². The number of pyridine rings is 1. The maximum Gasteiger partial charge on any atom is 0.233 e. The molecule has 1 aliphatic heterocycles. The number of rotatable bonds is 5. The number of nitrogens with zero attached hydrogens (tertiary/aromatic N) is 4. The second-order valence-electron chi connectivity index (χ2n) is 5.45. The summed E-state index contributed by atoms with van der Waals surface area (Å²) >= 11 is 2.59. The van der Waals surface area contributed by atoms with Crippen molar-refractivity contribution in [1.82, 2.24) is 20.1 Å². The molecular formula is C15H17N5O2S2. The molecule has 0 aromatic carbocycles. The Balaban J connectivity index is 1.56. The lowest BCUT2D eigenvalue weighted by atomic mass is 9.92. The quantitative estimate of drug-likeness (QED) is 0.637. The molecule has 2 N–H and O–H groups in total. The Morgan fingerprint density at radius 2 is 2.25 bits per heavy atom. The molecule has 1 aliphatic rings. The number of aromatic nitrogens is 3. The van der Waals surface area contributed by atoms with E-state index in [0.29, 0.717) is 28.3 Å². The predicted molar refractivity (Wildman–Crippen MR) is 92.9 cm³/mol. The van der Waals surface area contributed by atoms with E-state index in [1.165, 1.54) is 23.1 Å². The number of carbonyl (C=O) groups is 2. The highest BCUT2D eigenvalue weighted by Gasteiger charge is 2.29. The molecule has 1 atom stereocenters. The third-order valence-electron chi connectivity index (χ3n) is 3.80. The standard InChI is InChI=1S/C15H17N5O2S2/c16-14-18-19-15(24-14)23-9-12(21)20-7-3-4-10(8-20)13(22)11-5-1-2-6-17-11/h1-2,5-6,10H,3-4,7-9H2,(H2,16,18)/t10-/m1/s1. The van der Waals surface area contributed by atoms with Crippen molar-refractivity contribution in [3.63, 3.8) is 0 Å². The molecule has 3 rings (SSSR count). The first-order valence-electron chi connectivity index (χ1n) is 7.58. The van der Waals surface area contributed by atoms with Crippen LogP contribution in [0, 0.1) is 5.92 Å². The number of ketones is 1. The number of hydrogen-bond donors (Lipinski definition) is 1. The zero-order valence-electron chi connectivity index (χ0n) is 12.9. The van der Waals surface area contributed by atoms with Gasteiger partial charge in [-0.05, 0) is 25.0 Å². The summed E-state index contributed by atoms with van der Waals surface area (Å²) < 4.78 is 0.680. The molecule has 2 aromatic heterocycles. The van der Waals surface area contributed by atoms with Crippen LogP contribution < -0.4 is 5.73 Å². The number of thioether (sulfide) groups is 1. The summed E-state index contributed by atoms with van der Waals surface area (Å²) in [7, 11) is 0. The lowest BCUT2D eigenvalue weighted by Crippen LogP contribution is -2.43. The van der Waals surface area contributed by atoms with Crippen molar-refractivity contribution in [2.75, 3.05) is 24.6 Å². The van der Waals surface area contributed by atoms with Crippen LogP contribution in [0.5, 0.6) is 0 Å². The summed E-state index contributed by atoms with van der Waals surface area (Å²) in [5.74, 6) is 0.115. The first kappa shape index (κ1) is 16.8. The van der Waals surface area contributed by atoms with Crippen LogP contribution in [0.25, 0.3) is 0 Å². The van der Waals surface area contributed by atoms with Gasteiger partial charge in [-0.2, -0.15) is 0 Å². The minimum atomic E-state index is -0.181. The van der Waals surface area contributed by atoms with Gasteiger partial charge in [0, 0.05) is 25.2 Å². The molecule has 24 heavy (non-hydrogen) atoms. The fourth-order valence-corrected chi connectivity index (χ4v) is 4.17. The van der Waals surface area contributed by atoms with E-state index < -0.39 is 0 Å². The average molecular weight is 363 g/mol. The van der Waals surface area contributed by atoms with Gasteiger partial charge < -0.3 is 10.6 Å². The lowest BCUT2D eigenvalue weighted by molar-refractivity contribution is -0.129. The molecule has 1 saturated heterocycles. The molecule has 1 amide bonds. The molecule has 0 bridgehead atoms. The Kier molecular flexibility index (Phi) is 5.41. The third kappa shape index (κ3) is 4.09. The van der Waals surface area contributed by atoms with Crippen molar-refractivity contribution in [1.29, 1.82) is 0 Å². The Morgan fingerprint density at radius 1 is 1.38 bits per heavy atom. The SMILES string of the molecule is Nc1nnc(SCC(=O)N2CCC[C@@H](C(=O)c3ccccn3)C2)s1. The molecule has 126 valence electrons. The second-order valence-corrected chi connectivity index (χ2v) is 7.68. The van der Waals surface area contributed by atoms with E-state index in [-0.39, 0.29) is 23.4 Å². The number of nitrogens with two attached hydrogens (primary N) is 1. The molecule has 0 spiro atoms. The first-order valence-corrected chi connectivity index (χ1v) is 9.38. The Morgan fingerprint density at radius 3 is 2.96 bits per heavy atom. The molecule has 9 heteroatoms. The van der Waals surface area contributed by atoms with Crippen LogP contribution in [-0.4, -0.2) is 50.6 Å². The Bertz CT molecular complexity index is 722. The zero-order chi connectivity index (χ0) is 16.9. The van der Waals surface area contributed by atoms with Gasteiger partial charge in [0.2, 0.25) is 11.0 Å². The van der Waals surface area contributed by atoms with Crippen LogP contribution in [0.4, 0.5) is 5.13 Å². The summed E-state index contributed by atoms with van der Waals surface area (Å²) in [6.07, 6.45) is 3.23. The summed E-state index contributed by atoms with van der Waals surface area (Å²) in [5, 5.41) is 8.01. The largest absolute Gasteiger partial charge is 0.374 e. The molecule has 0 unspecified atom stereocenters. The fraction of sp³-hybridized carbons (Fsp3) is 0.400. The number of carbonyl (C=O) groups excluding carboxylic acids is 2. The number of hydrogen-bond acceptors (Lipinski definition) is 8. The van der Waals surface area contributed by atoms with E-state index in [1.807, 2.05) is 0 Å². The van der Waals surface area contributed by atoms with Crippen molar-refractivity contribution in [3.8, 4) is 0 Å². The van der Waals surface area contributed by atoms with Crippen LogP contribution in [0.1, 0.15) is 23.3 Å². The minimum Gasteiger partial charge on any atom is -0.374 e. The van der Waals surface area contributed by atoms with Crippen molar-refractivity contribution in [2.24, 2.45) is 5.92 Å². The van der Waals surface area contributed by atoms with E-state index in [2.05, 4.69) is 15.2 Å². The highest BCUT2D eigenvalue weighted by molar-refractivity contribution is 8.01. The summed E-state index contributed by atoms with van der Waals surface area (Å²) in [6.45, 7) is 1.14. The second kappa shape index (κ2) is 7.71. The van der Waals surface area contributed by atoms with Crippen LogP contribution >= 0.6 is 23.1 Å². The summed E-state index contributed by atoms with van der Waals surface area (Å²) in [4.78, 5) is 30.8. The first-order chi connectivity index (χ1) is 11.6. The van der Waals surface area contributed by atoms with E-state index in [9.17, 15) is 9.59 Å². The van der Waals surface area contributed by atoms with E-state index in [4.69, 9.17) is 5.73 Å². The van der Waals surface area contributed by atoms with Gasteiger partial charge in [-0.1, -0.05) is 29.2 Å². The number of anilines is 1. The molecule has 7 nitrogen and oxygen atoms in total. The molecule has 2 aromatic rings. The molecule has 0 radical (unpaired) electrons. The maximum atomic E-state index is 12.5.